The lowest BCUT2D eigenvalue weighted by Gasteiger charge is -1.98. The Morgan fingerprint density at radius 2 is 2.11 bits per heavy atom. The summed E-state index contributed by atoms with van der Waals surface area (Å²) in [5, 5.41) is 4.70. The Labute approximate surface area is 123 Å². The number of alkyl halides is 1. The van der Waals surface area contributed by atoms with E-state index in [4.69, 9.17) is 16.1 Å². The van der Waals surface area contributed by atoms with Gasteiger partial charge in [0.2, 0.25) is 5.89 Å². The van der Waals surface area contributed by atoms with Crippen molar-refractivity contribution in [1.82, 2.24) is 10.1 Å². The van der Waals surface area contributed by atoms with E-state index in [0.717, 1.165) is 16.3 Å². The average molecular weight is 348 g/mol. The molecule has 0 bridgehead atoms. The topological polar surface area (TPSA) is 38.9 Å². The van der Waals surface area contributed by atoms with E-state index in [2.05, 4.69) is 33.0 Å². The van der Waals surface area contributed by atoms with Crippen molar-refractivity contribution in [2.45, 2.75) is 28.8 Å². The maximum atomic E-state index is 5.83. The van der Waals surface area contributed by atoms with E-state index in [1.807, 2.05) is 24.3 Å². The van der Waals surface area contributed by atoms with Crippen molar-refractivity contribution in [1.29, 1.82) is 0 Å². The summed E-state index contributed by atoms with van der Waals surface area (Å²) in [5.74, 6) is 2.04. The van der Waals surface area contributed by atoms with E-state index in [-0.39, 0.29) is 4.83 Å². The highest BCUT2D eigenvalue weighted by molar-refractivity contribution is 9.09. The molecule has 0 aliphatic heterocycles. The quantitative estimate of drug-likeness (QED) is 0.572. The van der Waals surface area contributed by atoms with Gasteiger partial charge < -0.3 is 4.52 Å². The van der Waals surface area contributed by atoms with Crippen molar-refractivity contribution >= 4 is 39.3 Å². The lowest BCUT2D eigenvalue weighted by molar-refractivity contribution is 0.372. The maximum absolute atomic E-state index is 5.83. The maximum Gasteiger partial charge on any atom is 0.240 e. The van der Waals surface area contributed by atoms with E-state index in [0.29, 0.717) is 17.5 Å². The highest BCUT2D eigenvalue weighted by atomic mass is 79.9. The predicted octanol–water partition coefficient (Wildman–Crippen LogP) is 4.86. The van der Waals surface area contributed by atoms with Gasteiger partial charge in [-0.1, -0.05) is 39.6 Å². The van der Waals surface area contributed by atoms with Crippen LogP contribution >= 0.6 is 39.3 Å². The molecule has 1 aromatic carbocycles. The molecule has 96 valence electrons. The van der Waals surface area contributed by atoms with Crippen molar-refractivity contribution < 1.29 is 4.52 Å². The summed E-state index contributed by atoms with van der Waals surface area (Å²) in [5.41, 5.74) is 0. The Bertz CT molecular complexity index is 503. The third-order valence-electron chi connectivity index (χ3n) is 2.29. The molecule has 0 saturated carbocycles. The van der Waals surface area contributed by atoms with Crippen molar-refractivity contribution in [2.24, 2.45) is 0 Å². The monoisotopic (exact) mass is 346 g/mol. The molecule has 18 heavy (non-hydrogen) atoms. The summed E-state index contributed by atoms with van der Waals surface area (Å²) in [7, 11) is 0. The summed E-state index contributed by atoms with van der Waals surface area (Å²) in [4.78, 5) is 5.62. The van der Waals surface area contributed by atoms with Gasteiger partial charge in [-0.25, -0.2) is 0 Å². The fraction of sp³-hybridized carbons (Fsp3) is 0.333. The zero-order chi connectivity index (χ0) is 13.0. The van der Waals surface area contributed by atoms with Crippen molar-refractivity contribution in [3.05, 3.63) is 41.0 Å². The summed E-state index contributed by atoms with van der Waals surface area (Å²) in [6, 6.07) is 7.70. The van der Waals surface area contributed by atoms with Gasteiger partial charge in [-0.2, -0.15) is 4.98 Å². The molecule has 1 aromatic heterocycles. The van der Waals surface area contributed by atoms with Crippen LogP contribution in [0.15, 0.2) is 33.7 Å². The van der Waals surface area contributed by atoms with Gasteiger partial charge in [0.1, 0.15) is 0 Å². The molecular weight excluding hydrogens is 336 g/mol. The first-order chi connectivity index (χ1) is 8.69. The summed E-state index contributed by atoms with van der Waals surface area (Å²) in [6.45, 7) is 2.06. The largest absolute Gasteiger partial charge is 0.338 e. The van der Waals surface area contributed by atoms with Gasteiger partial charge in [-0.3, -0.25) is 0 Å². The summed E-state index contributed by atoms with van der Waals surface area (Å²) in [6.07, 6.45) is 0.923. The molecule has 0 aliphatic carbocycles. The minimum atomic E-state index is 0.138. The fourth-order valence-electron chi connectivity index (χ4n) is 1.31. The lowest BCUT2D eigenvalue weighted by Crippen LogP contribution is -1.89. The van der Waals surface area contributed by atoms with Crippen LogP contribution in [0.1, 0.15) is 29.9 Å². The smallest absolute Gasteiger partial charge is 0.240 e. The summed E-state index contributed by atoms with van der Waals surface area (Å²) < 4.78 is 5.18. The van der Waals surface area contributed by atoms with Crippen LogP contribution in [-0.4, -0.2) is 10.1 Å². The number of hydrogen-bond acceptors (Lipinski definition) is 4. The van der Waals surface area contributed by atoms with Crippen LogP contribution in [0, 0.1) is 0 Å². The number of thioether (sulfide) groups is 1. The first kappa shape index (κ1) is 13.9. The lowest BCUT2D eigenvalue weighted by atomic mass is 10.3. The fourth-order valence-corrected chi connectivity index (χ4v) is 2.36. The molecule has 1 atom stereocenters. The second-order valence-corrected chi connectivity index (χ2v) is 6.26. The Hall–Kier alpha value is -0.520. The second-order valence-electron chi connectivity index (χ2n) is 3.67. The van der Waals surface area contributed by atoms with Gasteiger partial charge in [-0.05, 0) is 30.7 Å². The first-order valence-electron chi connectivity index (χ1n) is 5.54. The number of aromatic nitrogens is 2. The van der Waals surface area contributed by atoms with E-state index >= 15 is 0 Å². The SMILES string of the molecule is CCC(Br)c1nc(CSc2ccc(Cl)cc2)no1. The van der Waals surface area contributed by atoms with E-state index in [1.165, 1.54) is 0 Å². The van der Waals surface area contributed by atoms with E-state index in [9.17, 15) is 0 Å². The molecule has 1 unspecified atom stereocenters. The van der Waals surface area contributed by atoms with Crippen LogP contribution in [0.2, 0.25) is 5.02 Å². The highest BCUT2D eigenvalue weighted by Crippen LogP contribution is 2.26. The van der Waals surface area contributed by atoms with Gasteiger partial charge >= 0.3 is 0 Å². The average Bonchev–Trinajstić information content (AvgIpc) is 2.86. The van der Waals surface area contributed by atoms with Crippen LogP contribution in [-0.2, 0) is 5.75 Å². The second kappa shape index (κ2) is 6.59. The molecule has 0 saturated heterocycles. The molecule has 0 fully saturated rings. The predicted molar refractivity (Wildman–Crippen MR) is 77.3 cm³/mol. The Balaban J connectivity index is 1.94. The molecular formula is C12H12BrClN2OS. The zero-order valence-corrected chi connectivity index (χ0v) is 12.9. The van der Waals surface area contributed by atoms with Gasteiger partial charge in [0.05, 0.1) is 10.6 Å². The zero-order valence-electron chi connectivity index (χ0n) is 9.77. The van der Waals surface area contributed by atoms with Crippen LogP contribution in [0.4, 0.5) is 0 Å². The normalized spacial score (nSPS) is 12.6. The molecule has 0 radical (unpaired) electrons. The third kappa shape index (κ3) is 3.73. The molecule has 0 N–H and O–H groups in total. The minimum Gasteiger partial charge on any atom is -0.338 e. The molecule has 0 amide bonds. The molecule has 1 heterocycles. The van der Waals surface area contributed by atoms with Gasteiger partial charge in [0, 0.05) is 9.92 Å². The standard InChI is InChI=1S/C12H12BrClN2OS/c1-2-10(13)12-15-11(16-17-12)7-18-9-5-3-8(14)4-6-9/h3-6,10H,2,7H2,1H3. The van der Waals surface area contributed by atoms with Gasteiger partial charge in [-0.15, -0.1) is 11.8 Å². The van der Waals surface area contributed by atoms with Crippen molar-refractivity contribution in [3.8, 4) is 0 Å². The van der Waals surface area contributed by atoms with Gasteiger partial charge in [0.25, 0.3) is 0 Å². The third-order valence-corrected chi connectivity index (χ3v) is 4.59. The minimum absolute atomic E-state index is 0.138. The molecule has 2 aromatic rings. The Morgan fingerprint density at radius 1 is 1.39 bits per heavy atom. The van der Waals surface area contributed by atoms with Crippen LogP contribution in [0.25, 0.3) is 0 Å². The number of halogens is 2. The molecule has 0 spiro atoms. The van der Waals surface area contributed by atoms with Crippen molar-refractivity contribution in [2.75, 3.05) is 0 Å². The van der Waals surface area contributed by atoms with Crippen LogP contribution < -0.4 is 0 Å². The van der Waals surface area contributed by atoms with Crippen molar-refractivity contribution in [3.63, 3.8) is 0 Å². The number of rotatable bonds is 5. The Kier molecular flexibility index (Phi) is 5.09. The van der Waals surface area contributed by atoms with Crippen LogP contribution in [0.3, 0.4) is 0 Å². The molecule has 3 nitrogen and oxygen atoms in total. The summed E-state index contributed by atoms with van der Waals surface area (Å²) >= 11 is 11.0. The number of hydrogen-bond donors (Lipinski definition) is 0. The molecule has 2 rings (SSSR count). The van der Waals surface area contributed by atoms with Crippen LogP contribution in [0.5, 0.6) is 0 Å². The molecule has 0 aliphatic rings. The van der Waals surface area contributed by atoms with E-state index in [1.54, 1.807) is 11.8 Å². The number of benzene rings is 1. The first-order valence-corrected chi connectivity index (χ1v) is 7.82. The highest BCUT2D eigenvalue weighted by Gasteiger charge is 2.13. The number of nitrogens with zero attached hydrogens (tertiary/aromatic N) is 2. The van der Waals surface area contributed by atoms with E-state index < -0.39 is 0 Å². The van der Waals surface area contributed by atoms with Gasteiger partial charge in [0.15, 0.2) is 5.82 Å². The Morgan fingerprint density at radius 3 is 2.78 bits per heavy atom. The molecule has 6 heteroatoms.